The Morgan fingerprint density at radius 3 is 2.21 bits per heavy atom. The molecule has 2 aromatic rings. The normalized spacial score (nSPS) is 15.3. The predicted molar refractivity (Wildman–Crippen MR) is 98.3 cm³/mol. The molecule has 0 radical (unpaired) electrons. The maximum absolute atomic E-state index is 5.33. The van der Waals surface area contributed by atoms with Crippen LogP contribution in [0, 0.1) is 0 Å². The van der Waals surface area contributed by atoms with Crippen LogP contribution in [0.4, 0.5) is 5.69 Å². The van der Waals surface area contributed by atoms with E-state index in [1.807, 2.05) is 12.1 Å². The molecule has 0 amide bonds. The van der Waals surface area contributed by atoms with Gasteiger partial charge < -0.3 is 14.4 Å². The van der Waals surface area contributed by atoms with E-state index in [-0.39, 0.29) is 0 Å². The average molecular weight is 326 g/mol. The van der Waals surface area contributed by atoms with Crippen LogP contribution in [0.3, 0.4) is 0 Å². The molecule has 0 saturated carbocycles. The molecule has 1 fully saturated rings. The molecule has 1 aliphatic heterocycles. The molecule has 0 aliphatic carbocycles. The summed E-state index contributed by atoms with van der Waals surface area (Å²) < 4.78 is 10.6. The number of hydrogen-bond acceptors (Lipinski definition) is 4. The summed E-state index contributed by atoms with van der Waals surface area (Å²) in [5.41, 5.74) is 2.59. The largest absolute Gasteiger partial charge is 0.497 e. The molecule has 0 aromatic heterocycles. The van der Waals surface area contributed by atoms with Crippen LogP contribution >= 0.6 is 0 Å². The third kappa shape index (κ3) is 4.20. The van der Waals surface area contributed by atoms with Crippen molar-refractivity contribution in [3.8, 4) is 11.5 Å². The van der Waals surface area contributed by atoms with Crippen molar-refractivity contribution in [3.63, 3.8) is 0 Å². The molecule has 0 bridgehead atoms. The molecule has 4 nitrogen and oxygen atoms in total. The number of hydrogen-bond donors (Lipinski definition) is 0. The van der Waals surface area contributed by atoms with Gasteiger partial charge in [-0.05, 0) is 36.2 Å². The lowest BCUT2D eigenvalue weighted by atomic mass is 10.1. The highest BCUT2D eigenvalue weighted by Gasteiger charge is 2.17. The van der Waals surface area contributed by atoms with Crippen LogP contribution in [0.5, 0.6) is 11.5 Å². The molecule has 4 heteroatoms. The van der Waals surface area contributed by atoms with Crippen LogP contribution in [0.15, 0.2) is 48.5 Å². The molecular weight excluding hydrogens is 300 g/mol. The van der Waals surface area contributed by atoms with Crippen molar-refractivity contribution >= 4 is 5.69 Å². The average Bonchev–Trinajstić information content (AvgIpc) is 2.67. The Bertz CT molecular complexity index is 652. The molecular formula is C20H26N2O2. The highest BCUT2D eigenvalue weighted by atomic mass is 16.5. The van der Waals surface area contributed by atoms with Gasteiger partial charge in [0.05, 0.1) is 14.2 Å². The number of anilines is 1. The van der Waals surface area contributed by atoms with Gasteiger partial charge in [-0.25, -0.2) is 0 Å². The zero-order valence-electron chi connectivity index (χ0n) is 14.6. The van der Waals surface area contributed by atoms with Crippen molar-refractivity contribution in [2.75, 3.05) is 51.8 Å². The van der Waals surface area contributed by atoms with E-state index >= 15 is 0 Å². The highest BCUT2D eigenvalue weighted by Crippen LogP contribution is 2.22. The van der Waals surface area contributed by atoms with E-state index in [1.54, 1.807) is 14.2 Å². The van der Waals surface area contributed by atoms with Crippen molar-refractivity contribution in [1.82, 2.24) is 4.90 Å². The van der Waals surface area contributed by atoms with Crippen LogP contribution in [0.25, 0.3) is 0 Å². The minimum atomic E-state index is 0.924. The molecule has 3 rings (SSSR count). The SMILES string of the molecule is COc1cccc(CCN2CCN(c3cccc(OC)c3)CC2)c1. The van der Waals surface area contributed by atoms with E-state index in [2.05, 4.69) is 46.2 Å². The number of nitrogens with zero attached hydrogens (tertiary/aromatic N) is 2. The van der Waals surface area contributed by atoms with Gasteiger partial charge >= 0.3 is 0 Å². The lowest BCUT2D eigenvalue weighted by Crippen LogP contribution is -2.47. The molecule has 128 valence electrons. The summed E-state index contributed by atoms with van der Waals surface area (Å²) in [6.07, 6.45) is 1.07. The topological polar surface area (TPSA) is 24.9 Å². The minimum Gasteiger partial charge on any atom is -0.497 e. The van der Waals surface area contributed by atoms with E-state index in [1.165, 1.54) is 11.3 Å². The van der Waals surface area contributed by atoms with Crippen molar-refractivity contribution in [1.29, 1.82) is 0 Å². The fourth-order valence-corrected chi connectivity index (χ4v) is 3.15. The molecule has 0 N–H and O–H groups in total. The molecule has 24 heavy (non-hydrogen) atoms. The monoisotopic (exact) mass is 326 g/mol. The van der Waals surface area contributed by atoms with E-state index < -0.39 is 0 Å². The molecule has 1 aliphatic rings. The van der Waals surface area contributed by atoms with Gasteiger partial charge in [0.1, 0.15) is 11.5 Å². The van der Waals surface area contributed by atoms with E-state index in [0.29, 0.717) is 0 Å². The number of benzene rings is 2. The first-order valence-electron chi connectivity index (χ1n) is 8.53. The maximum Gasteiger partial charge on any atom is 0.120 e. The Kier molecular flexibility index (Phi) is 5.59. The van der Waals surface area contributed by atoms with Crippen molar-refractivity contribution in [2.24, 2.45) is 0 Å². The van der Waals surface area contributed by atoms with Crippen LogP contribution in [0.1, 0.15) is 5.56 Å². The van der Waals surface area contributed by atoms with E-state index in [0.717, 1.165) is 50.6 Å². The summed E-state index contributed by atoms with van der Waals surface area (Å²) in [5, 5.41) is 0. The zero-order chi connectivity index (χ0) is 16.8. The van der Waals surface area contributed by atoms with Crippen LogP contribution in [-0.2, 0) is 6.42 Å². The lowest BCUT2D eigenvalue weighted by molar-refractivity contribution is 0.261. The minimum absolute atomic E-state index is 0.924. The fourth-order valence-electron chi connectivity index (χ4n) is 3.15. The lowest BCUT2D eigenvalue weighted by Gasteiger charge is -2.36. The Labute approximate surface area is 144 Å². The Balaban J connectivity index is 1.49. The number of ether oxygens (including phenoxy) is 2. The second kappa shape index (κ2) is 8.06. The first-order chi connectivity index (χ1) is 11.8. The van der Waals surface area contributed by atoms with Crippen molar-refractivity contribution in [2.45, 2.75) is 6.42 Å². The molecule has 2 aromatic carbocycles. The van der Waals surface area contributed by atoms with Gasteiger partial charge in [-0.2, -0.15) is 0 Å². The number of methoxy groups -OCH3 is 2. The summed E-state index contributed by atoms with van der Waals surface area (Å²) in [7, 11) is 3.44. The third-order valence-electron chi connectivity index (χ3n) is 4.64. The van der Waals surface area contributed by atoms with E-state index in [4.69, 9.17) is 9.47 Å². The third-order valence-corrected chi connectivity index (χ3v) is 4.64. The summed E-state index contributed by atoms with van der Waals surface area (Å²) in [6, 6.07) is 16.7. The summed E-state index contributed by atoms with van der Waals surface area (Å²) in [6.45, 7) is 5.41. The van der Waals surface area contributed by atoms with Gasteiger partial charge in [-0.1, -0.05) is 18.2 Å². The van der Waals surface area contributed by atoms with Crippen molar-refractivity contribution in [3.05, 3.63) is 54.1 Å². The van der Waals surface area contributed by atoms with Gasteiger partial charge in [-0.3, -0.25) is 4.90 Å². The van der Waals surface area contributed by atoms with Gasteiger partial charge in [0.25, 0.3) is 0 Å². The molecule has 1 heterocycles. The van der Waals surface area contributed by atoms with Crippen molar-refractivity contribution < 1.29 is 9.47 Å². The number of rotatable bonds is 6. The highest BCUT2D eigenvalue weighted by molar-refractivity contribution is 5.51. The molecule has 0 spiro atoms. The summed E-state index contributed by atoms with van der Waals surface area (Å²) >= 11 is 0. The summed E-state index contributed by atoms with van der Waals surface area (Å²) in [4.78, 5) is 4.97. The van der Waals surface area contributed by atoms with Gasteiger partial charge in [0, 0.05) is 44.5 Å². The Morgan fingerprint density at radius 1 is 0.833 bits per heavy atom. The quantitative estimate of drug-likeness (QED) is 0.814. The Morgan fingerprint density at radius 2 is 1.50 bits per heavy atom. The smallest absolute Gasteiger partial charge is 0.120 e. The predicted octanol–water partition coefficient (Wildman–Crippen LogP) is 3.07. The Hall–Kier alpha value is -2.20. The number of piperazine rings is 1. The van der Waals surface area contributed by atoms with Crippen LogP contribution in [0.2, 0.25) is 0 Å². The molecule has 0 unspecified atom stereocenters. The van der Waals surface area contributed by atoms with Crippen LogP contribution in [-0.4, -0.2) is 51.8 Å². The van der Waals surface area contributed by atoms with Gasteiger partial charge in [0.15, 0.2) is 0 Å². The summed E-state index contributed by atoms with van der Waals surface area (Å²) in [5.74, 6) is 1.86. The first-order valence-corrected chi connectivity index (χ1v) is 8.53. The van der Waals surface area contributed by atoms with Crippen LogP contribution < -0.4 is 14.4 Å². The van der Waals surface area contributed by atoms with Gasteiger partial charge in [0.2, 0.25) is 0 Å². The standard InChI is InChI=1S/C20H26N2O2/c1-23-19-7-3-5-17(15-19)9-10-21-11-13-22(14-12-21)18-6-4-8-20(16-18)24-2/h3-8,15-16H,9-14H2,1-2H3. The second-order valence-electron chi connectivity index (χ2n) is 6.13. The fraction of sp³-hybridized carbons (Fsp3) is 0.400. The van der Waals surface area contributed by atoms with Gasteiger partial charge in [-0.15, -0.1) is 0 Å². The molecule has 0 atom stereocenters. The second-order valence-corrected chi connectivity index (χ2v) is 6.13. The molecule has 1 saturated heterocycles. The van der Waals surface area contributed by atoms with E-state index in [9.17, 15) is 0 Å². The maximum atomic E-state index is 5.33. The zero-order valence-corrected chi connectivity index (χ0v) is 14.6. The first kappa shape index (κ1) is 16.7.